The zero-order valence-electron chi connectivity index (χ0n) is 15.2. The number of methoxy groups -OCH3 is 2. The van der Waals surface area contributed by atoms with Gasteiger partial charge in [-0.15, -0.1) is 0 Å². The van der Waals surface area contributed by atoms with Crippen LogP contribution in [0.25, 0.3) is 11.0 Å². The number of aromatic amines is 1. The molecule has 0 atom stereocenters. The minimum absolute atomic E-state index is 0.0727. The van der Waals surface area contributed by atoms with Crippen LogP contribution in [0.3, 0.4) is 0 Å². The van der Waals surface area contributed by atoms with Crippen molar-refractivity contribution in [3.05, 3.63) is 51.9 Å². The van der Waals surface area contributed by atoms with E-state index in [0.29, 0.717) is 40.5 Å². The third-order valence-corrected chi connectivity index (χ3v) is 4.26. The molecule has 142 valence electrons. The lowest BCUT2D eigenvalue weighted by Gasteiger charge is -2.12. The minimum atomic E-state index is -0.419. The van der Waals surface area contributed by atoms with E-state index in [9.17, 15) is 9.90 Å². The van der Waals surface area contributed by atoms with E-state index in [1.165, 1.54) is 0 Å². The first-order valence-corrected chi connectivity index (χ1v) is 8.43. The second-order valence-electron chi connectivity index (χ2n) is 5.99. The first-order valence-electron chi connectivity index (χ1n) is 8.43. The van der Waals surface area contributed by atoms with Crippen LogP contribution in [0.2, 0.25) is 0 Å². The van der Waals surface area contributed by atoms with Gasteiger partial charge in [-0.1, -0.05) is 6.07 Å². The maximum absolute atomic E-state index is 11.7. The molecule has 0 aliphatic rings. The predicted molar refractivity (Wildman–Crippen MR) is 104 cm³/mol. The zero-order chi connectivity index (χ0) is 19.4. The Labute approximate surface area is 156 Å². The van der Waals surface area contributed by atoms with Crippen LogP contribution < -0.4 is 26.1 Å². The van der Waals surface area contributed by atoms with Gasteiger partial charge in [0.15, 0.2) is 11.5 Å². The topological polar surface area (TPSA) is 122 Å². The molecule has 3 aromatic rings. The number of nitrogens with one attached hydrogen (secondary N) is 2. The van der Waals surface area contributed by atoms with E-state index in [4.69, 9.17) is 15.2 Å². The molecule has 0 bridgehead atoms. The number of hydrogen-bond acceptors (Lipinski definition) is 7. The van der Waals surface area contributed by atoms with Crippen molar-refractivity contribution in [3.63, 3.8) is 0 Å². The summed E-state index contributed by atoms with van der Waals surface area (Å²) in [6, 6.07) is 9.20. The number of nitrogens with two attached hydrogens (primary N) is 1. The summed E-state index contributed by atoms with van der Waals surface area (Å²) in [5, 5.41) is 12.5. The van der Waals surface area contributed by atoms with Gasteiger partial charge in [-0.2, -0.15) is 0 Å². The lowest BCUT2D eigenvalue weighted by atomic mass is 10.1. The summed E-state index contributed by atoms with van der Waals surface area (Å²) in [5.74, 6) is 1.37. The maximum atomic E-state index is 11.7. The standard InChI is InChI=1S/C19H22N4O4/c1-26-17-4-3-11(7-18(17)27-2)5-6-21-13-9-15-14(8-12(13)20)23-19(25)16(10-24)22-15/h3-4,7-9,21,24H,5-6,10,20H2,1-2H3,(H,23,25). The number of aliphatic hydroxyl groups excluding tert-OH is 1. The molecular formula is C19H22N4O4. The molecule has 3 rings (SSSR count). The number of hydrogen-bond donors (Lipinski definition) is 4. The second-order valence-corrected chi connectivity index (χ2v) is 5.99. The van der Waals surface area contributed by atoms with E-state index in [1.54, 1.807) is 26.4 Å². The average molecular weight is 370 g/mol. The Morgan fingerprint density at radius 1 is 1.19 bits per heavy atom. The van der Waals surface area contributed by atoms with Gasteiger partial charge in [0.25, 0.3) is 5.56 Å². The first kappa shape index (κ1) is 18.5. The molecule has 0 saturated carbocycles. The Kier molecular flexibility index (Phi) is 5.46. The van der Waals surface area contributed by atoms with Crippen molar-refractivity contribution in [2.75, 3.05) is 31.8 Å². The highest BCUT2D eigenvalue weighted by molar-refractivity contribution is 5.86. The molecule has 0 aliphatic carbocycles. The van der Waals surface area contributed by atoms with Gasteiger partial charge < -0.3 is 30.6 Å². The van der Waals surface area contributed by atoms with E-state index in [1.807, 2.05) is 18.2 Å². The normalized spacial score (nSPS) is 10.8. The van der Waals surface area contributed by atoms with Crippen molar-refractivity contribution >= 4 is 22.4 Å². The number of benzene rings is 2. The Morgan fingerprint density at radius 3 is 2.67 bits per heavy atom. The Hall–Kier alpha value is -3.26. The summed E-state index contributed by atoms with van der Waals surface area (Å²) in [6.45, 7) is 0.221. The number of rotatable bonds is 7. The van der Waals surface area contributed by atoms with Crippen LogP contribution in [-0.2, 0) is 13.0 Å². The summed E-state index contributed by atoms with van der Waals surface area (Å²) in [6.07, 6.45) is 0.749. The molecule has 1 aromatic heterocycles. The number of ether oxygens (including phenoxy) is 2. The summed E-state index contributed by atoms with van der Waals surface area (Å²) in [7, 11) is 3.21. The van der Waals surface area contributed by atoms with Gasteiger partial charge >= 0.3 is 0 Å². The van der Waals surface area contributed by atoms with Crippen LogP contribution in [0.15, 0.2) is 35.1 Å². The van der Waals surface area contributed by atoms with Gasteiger partial charge in [0.05, 0.1) is 43.2 Å². The van der Waals surface area contributed by atoms with Crippen molar-refractivity contribution in [1.82, 2.24) is 9.97 Å². The highest BCUT2D eigenvalue weighted by atomic mass is 16.5. The number of aliphatic hydroxyl groups is 1. The van der Waals surface area contributed by atoms with Gasteiger partial charge in [-0.05, 0) is 36.2 Å². The summed E-state index contributed by atoms with van der Waals surface area (Å²) >= 11 is 0. The van der Waals surface area contributed by atoms with E-state index >= 15 is 0 Å². The number of anilines is 2. The fourth-order valence-electron chi connectivity index (χ4n) is 2.83. The monoisotopic (exact) mass is 370 g/mol. The fraction of sp³-hybridized carbons (Fsp3) is 0.263. The van der Waals surface area contributed by atoms with Crippen LogP contribution >= 0.6 is 0 Å². The molecule has 27 heavy (non-hydrogen) atoms. The Morgan fingerprint density at radius 2 is 1.96 bits per heavy atom. The largest absolute Gasteiger partial charge is 0.493 e. The second kappa shape index (κ2) is 7.96. The van der Waals surface area contributed by atoms with Crippen LogP contribution in [0.4, 0.5) is 11.4 Å². The predicted octanol–water partition coefficient (Wildman–Crippen LogP) is 1.67. The van der Waals surface area contributed by atoms with E-state index in [2.05, 4.69) is 15.3 Å². The highest BCUT2D eigenvalue weighted by Crippen LogP contribution is 2.28. The molecule has 1 heterocycles. The smallest absolute Gasteiger partial charge is 0.272 e. The molecule has 0 amide bonds. The Bertz CT molecular complexity index is 1020. The van der Waals surface area contributed by atoms with Crippen molar-refractivity contribution in [2.24, 2.45) is 0 Å². The number of nitrogens with zero attached hydrogens (tertiary/aromatic N) is 1. The zero-order valence-corrected chi connectivity index (χ0v) is 15.2. The van der Waals surface area contributed by atoms with Gasteiger partial charge in [-0.25, -0.2) is 4.98 Å². The number of fused-ring (bicyclic) bond motifs is 1. The summed E-state index contributed by atoms with van der Waals surface area (Å²) < 4.78 is 10.6. The molecule has 0 unspecified atom stereocenters. The average Bonchev–Trinajstić information content (AvgIpc) is 2.68. The molecule has 5 N–H and O–H groups in total. The third kappa shape index (κ3) is 3.95. The maximum Gasteiger partial charge on any atom is 0.272 e. The SMILES string of the molecule is COc1ccc(CCNc2cc3nc(CO)c(=O)[nH]c3cc2N)cc1OC. The quantitative estimate of drug-likeness (QED) is 0.467. The molecule has 0 fully saturated rings. The molecule has 0 spiro atoms. The summed E-state index contributed by atoms with van der Waals surface area (Å²) in [5.41, 5.74) is 9.12. The molecule has 0 radical (unpaired) electrons. The number of H-pyrrole nitrogens is 1. The van der Waals surface area contributed by atoms with Crippen molar-refractivity contribution in [1.29, 1.82) is 0 Å². The van der Waals surface area contributed by atoms with E-state index < -0.39 is 12.2 Å². The van der Waals surface area contributed by atoms with Crippen LogP contribution in [0, 0.1) is 0 Å². The van der Waals surface area contributed by atoms with Gasteiger partial charge in [0.1, 0.15) is 5.69 Å². The van der Waals surface area contributed by atoms with Crippen LogP contribution in [0.5, 0.6) is 11.5 Å². The highest BCUT2D eigenvalue weighted by Gasteiger charge is 2.08. The van der Waals surface area contributed by atoms with Crippen molar-refractivity contribution < 1.29 is 14.6 Å². The fourth-order valence-corrected chi connectivity index (χ4v) is 2.83. The van der Waals surface area contributed by atoms with Crippen molar-refractivity contribution in [3.8, 4) is 11.5 Å². The number of aromatic nitrogens is 2. The lowest BCUT2D eigenvalue weighted by molar-refractivity contribution is 0.275. The van der Waals surface area contributed by atoms with Crippen molar-refractivity contribution in [2.45, 2.75) is 13.0 Å². The molecule has 8 heteroatoms. The van der Waals surface area contributed by atoms with Gasteiger partial charge in [0, 0.05) is 6.54 Å². The van der Waals surface area contributed by atoms with Crippen LogP contribution in [0.1, 0.15) is 11.3 Å². The molecule has 2 aromatic carbocycles. The van der Waals surface area contributed by atoms with E-state index in [-0.39, 0.29) is 5.69 Å². The molecule has 0 aliphatic heterocycles. The molecular weight excluding hydrogens is 348 g/mol. The lowest BCUT2D eigenvalue weighted by Crippen LogP contribution is -2.15. The Balaban J connectivity index is 1.76. The summed E-state index contributed by atoms with van der Waals surface area (Å²) in [4.78, 5) is 18.6. The van der Waals surface area contributed by atoms with Crippen LogP contribution in [-0.4, -0.2) is 35.8 Å². The third-order valence-electron chi connectivity index (χ3n) is 4.26. The first-order chi connectivity index (χ1) is 13.0. The minimum Gasteiger partial charge on any atom is -0.493 e. The molecule has 8 nitrogen and oxygen atoms in total. The van der Waals surface area contributed by atoms with Gasteiger partial charge in [-0.3, -0.25) is 4.79 Å². The van der Waals surface area contributed by atoms with Gasteiger partial charge in [0.2, 0.25) is 0 Å². The molecule has 0 saturated heterocycles. The number of nitrogen functional groups attached to an aromatic ring is 1. The van der Waals surface area contributed by atoms with E-state index in [0.717, 1.165) is 12.0 Å².